The lowest BCUT2D eigenvalue weighted by molar-refractivity contribution is 0.0773. The molecule has 0 spiro atoms. The fraction of sp³-hybridized carbons (Fsp3) is 0.462. The van der Waals surface area contributed by atoms with Gasteiger partial charge in [0, 0.05) is 50.5 Å². The topological polar surface area (TPSA) is 76.1 Å². The Hall–Kier alpha value is -2.90. The molecule has 2 N–H and O–H groups in total. The molecule has 0 radical (unpaired) electrons. The van der Waals surface area contributed by atoms with Gasteiger partial charge in [-0.3, -0.25) is 15.0 Å². The van der Waals surface area contributed by atoms with Crippen molar-refractivity contribution >= 4 is 17.7 Å². The second-order valence-electron chi connectivity index (χ2n) is 8.44. The molecular weight excluding hydrogens is 416 g/mol. The van der Waals surface area contributed by atoms with E-state index in [1.165, 1.54) is 0 Å². The average Bonchev–Trinajstić information content (AvgIpc) is 2.81. The van der Waals surface area contributed by atoms with Crippen molar-refractivity contribution in [2.75, 3.05) is 51.1 Å². The third kappa shape index (κ3) is 6.33. The molecule has 0 bridgehead atoms. The van der Waals surface area contributed by atoms with Crippen LogP contribution in [0, 0.1) is 0 Å². The van der Waals surface area contributed by atoms with Crippen molar-refractivity contribution in [2.24, 2.45) is 0 Å². The molecule has 2 aromatic carbocycles. The summed E-state index contributed by atoms with van der Waals surface area (Å²) in [4.78, 5) is 30.7. The number of hydrogen-bond donors (Lipinski definition) is 2. The number of benzene rings is 2. The van der Waals surface area contributed by atoms with Gasteiger partial charge in [-0.05, 0) is 62.2 Å². The monoisotopic (exact) mass is 452 g/mol. The summed E-state index contributed by atoms with van der Waals surface area (Å²) in [5.74, 6) is 0.0453. The zero-order valence-electron chi connectivity index (χ0n) is 20.0. The summed E-state index contributed by atoms with van der Waals surface area (Å²) in [7, 11) is 0. The van der Waals surface area contributed by atoms with Crippen LogP contribution >= 0.6 is 0 Å². The summed E-state index contributed by atoms with van der Waals surface area (Å²) in [6, 6.07) is 15.5. The van der Waals surface area contributed by atoms with Crippen molar-refractivity contribution in [1.82, 2.24) is 14.7 Å². The lowest BCUT2D eigenvalue weighted by Gasteiger charge is -2.40. The molecule has 33 heavy (non-hydrogen) atoms. The van der Waals surface area contributed by atoms with E-state index in [1.54, 1.807) is 6.07 Å². The van der Waals surface area contributed by atoms with Crippen molar-refractivity contribution in [3.63, 3.8) is 0 Å². The standard InChI is InChI=1S/C26H36N4O3/c1-4-14-28-15-17-30(18-16-28)24(22-8-7-9-23(19-22)27-26(32)33)20-10-12-21(13-11-20)25(31)29(5-2)6-3/h7-13,19,24,27H,4-6,14-18H2,1-3H3,(H,32,33). The fourth-order valence-electron chi connectivity index (χ4n) is 4.59. The minimum atomic E-state index is -1.07. The van der Waals surface area contributed by atoms with E-state index in [1.807, 2.05) is 61.2 Å². The molecule has 7 nitrogen and oxygen atoms in total. The highest BCUT2D eigenvalue weighted by molar-refractivity contribution is 5.94. The summed E-state index contributed by atoms with van der Waals surface area (Å²) >= 11 is 0. The molecule has 1 unspecified atom stereocenters. The zero-order valence-corrected chi connectivity index (χ0v) is 20.0. The van der Waals surface area contributed by atoms with Crippen LogP contribution in [0.25, 0.3) is 0 Å². The van der Waals surface area contributed by atoms with Gasteiger partial charge in [0.2, 0.25) is 0 Å². The van der Waals surface area contributed by atoms with Crippen molar-refractivity contribution in [1.29, 1.82) is 0 Å². The SMILES string of the molecule is CCCN1CCN(C(c2ccc(C(=O)N(CC)CC)cc2)c2cccc(NC(=O)O)c2)CC1. The summed E-state index contributed by atoms with van der Waals surface area (Å²) < 4.78 is 0. The maximum absolute atomic E-state index is 12.8. The molecule has 1 aliphatic heterocycles. The highest BCUT2D eigenvalue weighted by Gasteiger charge is 2.27. The lowest BCUT2D eigenvalue weighted by atomic mass is 9.95. The van der Waals surface area contributed by atoms with Crippen molar-refractivity contribution < 1.29 is 14.7 Å². The van der Waals surface area contributed by atoms with Crippen LogP contribution < -0.4 is 5.32 Å². The smallest absolute Gasteiger partial charge is 0.409 e. The lowest BCUT2D eigenvalue weighted by Crippen LogP contribution is -2.47. The molecule has 2 amide bonds. The van der Waals surface area contributed by atoms with Crippen molar-refractivity contribution in [2.45, 2.75) is 33.2 Å². The van der Waals surface area contributed by atoms with E-state index >= 15 is 0 Å². The van der Waals surface area contributed by atoms with Gasteiger partial charge >= 0.3 is 6.09 Å². The Morgan fingerprint density at radius 3 is 2.21 bits per heavy atom. The molecule has 1 fully saturated rings. The molecule has 2 aromatic rings. The predicted molar refractivity (Wildman–Crippen MR) is 132 cm³/mol. The van der Waals surface area contributed by atoms with Crippen molar-refractivity contribution in [3.05, 3.63) is 65.2 Å². The predicted octanol–water partition coefficient (Wildman–Crippen LogP) is 4.38. The largest absolute Gasteiger partial charge is 0.465 e. The Labute approximate surface area is 197 Å². The van der Waals surface area contributed by atoms with Gasteiger partial charge in [-0.2, -0.15) is 0 Å². The van der Waals surface area contributed by atoms with Gasteiger partial charge in [0.1, 0.15) is 0 Å². The number of nitrogens with zero attached hydrogens (tertiary/aromatic N) is 3. The average molecular weight is 453 g/mol. The normalized spacial score (nSPS) is 15.7. The second kappa shape index (κ2) is 11.8. The Morgan fingerprint density at radius 2 is 1.64 bits per heavy atom. The number of rotatable bonds is 9. The second-order valence-corrected chi connectivity index (χ2v) is 8.44. The van der Waals surface area contributed by atoms with Gasteiger partial charge in [0.15, 0.2) is 0 Å². The van der Waals surface area contributed by atoms with E-state index in [-0.39, 0.29) is 11.9 Å². The molecule has 0 aromatic heterocycles. The molecular formula is C26H36N4O3. The van der Waals surface area contributed by atoms with E-state index in [2.05, 4.69) is 22.0 Å². The third-order valence-corrected chi connectivity index (χ3v) is 6.29. The number of nitrogens with one attached hydrogen (secondary N) is 1. The number of piperazine rings is 1. The van der Waals surface area contributed by atoms with Gasteiger partial charge in [0.05, 0.1) is 6.04 Å². The first-order valence-corrected chi connectivity index (χ1v) is 11.9. The maximum atomic E-state index is 12.8. The van der Waals surface area contributed by atoms with E-state index < -0.39 is 6.09 Å². The maximum Gasteiger partial charge on any atom is 0.409 e. The van der Waals surface area contributed by atoms with Crippen LogP contribution in [0.5, 0.6) is 0 Å². The summed E-state index contributed by atoms with van der Waals surface area (Å²) in [6.45, 7) is 12.5. The first-order valence-electron chi connectivity index (χ1n) is 11.9. The van der Waals surface area contributed by atoms with Gasteiger partial charge in [-0.15, -0.1) is 0 Å². The van der Waals surface area contributed by atoms with Crippen LogP contribution in [-0.4, -0.2) is 77.6 Å². The van der Waals surface area contributed by atoms with Crippen LogP contribution in [0.4, 0.5) is 10.5 Å². The third-order valence-electron chi connectivity index (χ3n) is 6.29. The van der Waals surface area contributed by atoms with Crippen LogP contribution in [0.1, 0.15) is 54.7 Å². The quantitative estimate of drug-likeness (QED) is 0.591. The summed E-state index contributed by atoms with van der Waals surface area (Å²) in [6.07, 6.45) is 0.0742. The van der Waals surface area contributed by atoms with Gasteiger partial charge < -0.3 is 14.9 Å². The van der Waals surface area contributed by atoms with Crippen LogP contribution in [0.2, 0.25) is 0 Å². The first kappa shape index (κ1) is 24.7. The minimum absolute atomic E-state index is 0.0121. The molecule has 1 heterocycles. The van der Waals surface area contributed by atoms with Crippen molar-refractivity contribution in [3.8, 4) is 0 Å². The Morgan fingerprint density at radius 1 is 0.970 bits per heavy atom. The Kier molecular flexibility index (Phi) is 8.86. The zero-order chi connectivity index (χ0) is 23.8. The first-order chi connectivity index (χ1) is 16.0. The van der Waals surface area contributed by atoms with Crippen LogP contribution in [0.15, 0.2) is 48.5 Å². The molecule has 7 heteroatoms. The number of carboxylic acid groups (broad SMARTS) is 1. The highest BCUT2D eigenvalue weighted by atomic mass is 16.4. The molecule has 178 valence electrons. The number of hydrogen-bond acceptors (Lipinski definition) is 4. The van der Waals surface area contributed by atoms with E-state index in [0.29, 0.717) is 24.3 Å². The van der Waals surface area contributed by atoms with Gasteiger partial charge in [-0.1, -0.05) is 31.2 Å². The van der Waals surface area contributed by atoms with Crippen LogP contribution in [0.3, 0.4) is 0 Å². The minimum Gasteiger partial charge on any atom is -0.465 e. The highest BCUT2D eigenvalue weighted by Crippen LogP contribution is 2.31. The van der Waals surface area contributed by atoms with Crippen LogP contribution in [-0.2, 0) is 0 Å². The van der Waals surface area contributed by atoms with E-state index in [4.69, 9.17) is 5.11 Å². The summed E-state index contributed by atoms with van der Waals surface area (Å²) in [5.41, 5.74) is 3.38. The molecule has 3 rings (SSSR count). The number of carbonyl (C=O) groups excluding carboxylic acids is 1. The number of carbonyl (C=O) groups is 2. The molecule has 1 saturated heterocycles. The Bertz CT molecular complexity index is 919. The molecule has 0 aliphatic carbocycles. The number of anilines is 1. The molecule has 1 atom stereocenters. The van der Waals surface area contributed by atoms with Gasteiger partial charge in [-0.25, -0.2) is 4.79 Å². The van der Waals surface area contributed by atoms with Gasteiger partial charge in [0.25, 0.3) is 5.91 Å². The summed E-state index contributed by atoms with van der Waals surface area (Å²) in [5, 5.41) is 11.6. The molecule has 1 aliphatic rings. The number of amides is 2. The Balaban J connectivity index is 1.91. The molecule has 0 saturated carbocycles. The fourth-order valence-corrected chi connectivity index (χ4v) is 4.59. The van der Waals surface area contributed by atoms with E-state index in [9.17, 15) is 9.59 Å². The van der Waals surface area contributed by atoms with E-state index in [0.717, 1.165) is 50.3 Å².